The van der Waals surface area contributed by atoms with Gasteiger partial charge in [0.25, 0.3) is 0 Å². The molecule has 0 atom stereocenters. The molecule has 0 heterocycles. The van der Waals surface area contributed by atoms with Crippen molar-refractivity contribution in [1.82, 2.24) is 0 Å². The molecule has 0 aliphatic rings. The lowest BCUT2D eigenvalue weighted by Gasteiger charge is -1.91. The Balaban J connectivity index is 0.000000810. The molecule has 0 amide bonds. The minimum absolute atomic E-state index is 0. The summed E-state index contributed by atoms with van der Waals surface area (Å²) in [4.78, 5) is 0. The van der Waals surface area contributed by atoms with E-state index in [1.165, 1.54) is 0 Å². The van der Waals surface area contributed by atoms with Gasteiger partial charge in [0.1, 0.15) is 0 Å². The van der Waals surface area contributed by atoms with Gasteiger partial charge in [0.05, 0.1) is 0 Å². The molecule has 0 aromatic heterocycles. The monoisotopic (exact) mass is 216 g/mol. The van der Waals surface area contributed by atoms with E-state index in [2.05, 4.69) is 0 Å². The number of hydrogen-bond acceptors (Lipinski definition) is 0. The van der Waals surface area contributed by atoms with Crippen LogP contribution in [-0.2, 0) is 0 Å². The maximum Gasteiger partial charge on any atom is 0.0435 e. The van der Waals surface area contributed by atoms with Crippen molar-refractivity contribution in [2.75, 3.05) is 0 Å². The molecular formula is C6H4Cl4. The molecule has 0 nitrogen and oxygen atoms in total. The van der Waals surface area contributed by atoms with E-state index in [0.29, 0.717) is 15.1 Å². The lowest BCUT2D eigenvalue weighted by atomic mass is 10.4. The molecule has 0 saturated carbocycles. The summed E-state index contributed by atoms with van der Waals surface area (Å²) in [5.41, 5.74) is 0. The summed E-state index contributed by atoms with van der Waals surface area (Å²) in [6, 6.07) is 4.90. The molecule has 0 saturated heterocycles. The molecule has 56 valence electrons. The summed E-state index contributed by atoms with van der Waals surface area (Å²) in [5.74, 6) is 0. The lowest BCUT2D eigenvalue weighted by molar-refractivity contribution is 1.70. The number of hydrogen-bond donors (Lipinski definition) is 0. The van der Waals surface area contributed by atoms with E-state index >= 15 is 0 Å². The van der Waals surface area contributed by atoms with E-state index in [0.717, 1.165) is 0 Å². The number of benzene rings is 1. The molecule has 0 spiro atoms. The van der Waals surface area contributed by atoms with E-state index in [4.69, 9.17) is 34.8 Å². The number of halogens is 4. The Labute approximate surface area is 80.5 Å². The maximum atomic E-state index is 5.58. The van der Waals surface area contributed by atoms with Crippen molar-refractivity contribution in [3.63, 3.8) is 0 Å². The van der Waals surface area contributed by atoms with Crippen molar-refractivity contribution in [2.45, 2.75) is 0 Å². The van der Waals surface area contributed by atoms with Gasteiger partial charge in [-0.3, -0.25) is 0 Å². The summed E-state index contributed by atoms with van der Waals surface area (Å²) < 4.78 is 0. The smallest absolute Gasteiger partial charge is 0.0435 e. The third kappa shape index (κ3) is 2.98. The van der Waals surface area contributed by atoms with E-state index in [1.54, 1.807) is 18.2 Å². The Bertz CT molecular complexity index is 171. The highest BCUT2D eigenvalue weighted by atomic mass is 35.5. The van der Waals surface area contributed by atoms with Gasteiger partial charge in [-0.2, -0.15) is 0 Å². The molecule has 0 N–H and O–H groups in total. The van der Waals surface area contributed by atoms with Gasteiger partial charge < -0.3 is 0 Å². The van der Waals surface area contributed by atoms with Gasteiger partial charge in [0, 0.05) is 15.1 Å². The molecule has 0 fully saturated rings. The van der Waals surface area contributed by atoms with Crippen LogP contribution in [0.2, 0.25) is 15.1 Å². The highest BCUT2D eigenvalue weighted by Crippen LogP contribution is 2.21. The van der Waals surface area contributed by atoms with Crippen LogP contribution in [0.1, 0.15) is 0 Å². The normalized spacial score (nSPS) is 8.70. The topological polar surface area (TPSA) is 0 Å². The third-order valence-electron chi connectivity index (χ3n) is 0.827. The zero-order chi connectivity index (χ0) is 6.85. The van der Waals surface area contributed by atoms with Crippen molar-refractivity contribution in [2.24, 2.45) is 0 Å². The Hall–Kier alpha value is 0.380. The quantitative estimate of drug-likeness (QED) is 0.615. The summed E-state index contributed by atoms with van der Waals surface area (Å²) >= 11 is 16.7. The first-order chi connectivity index (χ1) is 4.18. The van der Waals surface area contributed by atoms with Gasteiger partial charge in [-0.1, -0.05) is 34.8 Å². The second-order valence-corrected chi connectivity index (χ2v) is 2.90. The van der Waals surface area contributed by atoms with Crippen LogP contribution in [-0.4, -0.2) is 0 Å². The zero-order valence-electron chi connectivity index (χ0n) is 4.77. The summed E-state index contributed by atoms with van der Waals surface area (Å²) in [6.45, 7) is 0. The molecule has 0 bridgehead atoms. The van der Waals surface area contributed by atoms with Crippen LogP contribution in [0.25, 0.3) is 0 Å². The van der Waals surface area contributed by atoms with Crippen LogP contribution < -0.4 is 0 Å². The lowest BCUT2D eigenvalue weighted by Crippen LogP contribution is -1.65. The summed E-state index contributed by atoms with van der Waals surface area (Å²) in [5, 5.41) is 1.69. The van der Waals surface area contributed by atoms with Gasteiger partial charge in [-0.05, 0) is 18.2 Å². The van der Waals surface area contributed by atoms with Crippen molar-refractivity contribution in [3.05, 3.63) is 33.3 Å². The maximum absolute atomic E-state index is 5.58. The van der Waals surface area contributed by atoms with Crippen LogP contribution in [0.4, 0.5) is 0 Å². The Morgan fingerprint density at radius 2 is 0.900 bits per heavy atom. The molecule has 0 unspecified atom stereocenters. The molecular weight excluding hydrogens is 214 g/mol. The average Bonchev–Trinajstić information content (AvgIpc) is 1.59. The minimum atomic E-state index is 0. The molecule has 0 aliphatic carbocycles. The molecule has 0 aliphatic heterocycles. The van der Waals surface area contributed by atoms with Crippen LogP contribution in [0.15, 0.2) is 18.2 Å². The van der Waals surface area contributed by atoms with Gasteiger partial charge in [0.15, 0.2) is 0 Å². The Morgan fingerprint density at radius 1 is 0.700 bits per heavy atom. The summed E-state index contributed by atoms with van der Waals surface area (Å²) in [6.07, 6.45) is 0. The van der Waals surface area contributed by atoms with Crippen LogP contribution in [0, 0.1) is 0 Å². The SMILES string of the molecule is Cl.Clc1cc(Cl)cc(Cl)c1. The minimum Gasteiger partial charge on any atom is -0.147 e. The second-order valence-electron chi connectivity index (χ2n) is 1.59. The fourth-order valence-electron chi connectivity index (χ4n) is 0.520. The van der Waals surface area contributed by atoms with Gasteiger partial charge >= 0.3 is 0 Å². The molecule has 4 heteroatoms. The molecule has 1 aromatic rings. The van der Waals surface area contributed by atoms with Crippen molar-refractivity contribution in [3.8, 4) is 0 Å². The van der Waals surface area contributed by atoms with E-state index in [9.17, 15) is 0 Å². The standard InChI is InChI=1S/C6H3Cl3.ClH/c7-4-1-5(8)3-6(9)2-4;/h1-3H;1H. The van der Waals surface area contributed by atoms with Crippen molar-refractivity contribution >= 4 is 47.2 Å². The molecule has 1 aromatic carbocycles. The van der Waals surface area contributed by atoms with Crippen LogP contribution in [0.3, 0.4) is 0 Å². The molecule has 1 rings (SSSR count). The van der Waals surface area contributed by atoms with Crippen molar-refractivity contribution in [1.29, 1.82) is 0 Å². The predicted molar refractivity (Wildman–Crippen MR) is 48.7 cm³/mol. The second kappa shape index (κ2) is 4.30. The van der Waals surface area contributed by atoms with Crippen molar-refractivity contribution < 1.29 is 0 Å². The predicted octanol–water partition coefficient (Wildman–Crippen LogP) is 4.07. The zero-order valence-corrected chi connectivity index (χ0v) is 7.86. The average molecular weight is 218 g/mol. The Kier molecular flexibility index (Phi) is 4.46. The van der Waals surface area contributed by atoms with Crippen LogP contribution >= 0.6 is 47.2 Å². The first-order valence-corrected chi connectivity index (χ1v) is 3.43. The van der Waals surface area contributed by atoms with E-state index < -0.39 is 0 Å². The summed E-state index contributed by atoms with van der Waals surface area (Å²) in [7, 11) is 0. The molecule has 0 radical (unpaired) electrons. The fraction of sp³-hybridized carbons (Fsp3) is 0. The van der Waals surface area contributed by atoms with Crippen LogP contribution in [0.5, 0.6) is 0 Å². The Morgan fingerprint density at radius 3 is 1.10 bits per heavy atom. The highest BCUT2D eigenvalue weighted by Gasteiger charge is 1.92. The third-order valence-corrected chi connectivity index (χ3v) is 1.48. The van der Waals surface area contributed by atoms with Gasteiger partial charge in [-0.15, -0.1) is 12.4 Å². The highest BCUT2D eigenvalue weighted by molar-refractivity contribution is 6.38. The largest absolute Gasteiger partial charge is 0.147 e. The van der Waals surface area contributed by atoms with E-state index in [-0.39, 0.29) is 12.4 Å². The van der Waals surface area contributed by atoms with Gasteiger partial charge in [-0.25, -0.2) is 0 Å². The fourth-order valence-corrected chi connectivity index (χ4v) is 1.39. The molecule has 10 heavy (non-hydrogen) atoms. The number of rotatable bonds is 0. The first-order valence-electron chi connectivity index (χ1n) is 2.30. The van der Waals surface area contributed by atoms with E-state index in [1.807, 2.05) is 0 Å². The first kappa shape index (κ1) is 10.4. The van der Waals surface area contributed by atoms with Gasteiger partial charge in [0.2, 0.25) is 0 Å².